The van der Waals surface area contributed by atoms with Gasteiger partial charge in [0, 0.05) is 23.5 Å². The maximum atomic E-state index is 14.1. The molecule has 218 valence electrons. The molecule has 0 N–H and O–H groups in total. The SMILES string of the molecule is CCCCCCCCCCCOc1ccc(-c2ncc(-c3ccc(OCC(F)CCCCCC)cc3)cn2)cc1. The van der Waals surface area contributed by atoms with E-state index < -0.39 is 6.17 Å². The van der Waals surface area contributed by atoms with Crippen molar-refractivity contribution in [3.8, 4) is 34.0 Å². The first kappa shape index (κ1) is 31.6. The molecule has 1 aromatic heterocycles. The Morgan fingerprint density at radius 1 is 0.575 bits per heavy atom. The van der Waals surface area contributed by atoms with Crippen LogP contribution in [0.25, 0.3) is 22.5 Å². The summed E-state index contributed by atoms with van der Waals surface area (Å²) >= 11 is 0. The van der Waals surface area contributed by atoms with Crippen molar-refractivity contribution in [2.24, 2.45) is 0 Å². The van der Waals surface area contributed by atoms with E-state index in [0.29, 0.717) is 18.0 Å². The fourth-order valence-electron chi connectivity index (χ4n) is 4.74. The Bertz CT molecular complexity index is 1040. The van der Waals surface area contributed by atoms with Crippen LogP contribution in [0.1, 0.15) is 104 Å². The Labute approximate surface area is 241 Å². The minimum Gasteiger partial charge on any atom is -0.494 e. The lowest BCUT2D eigenvalue weighted by atomic mass is 10.1. The maximum absolute atomic E-state index is 14.1. The van der Waals surface area contributed by atoms with Crippen LogP contribution < -0.4 is 9.47 Å². The van der Waals surface area contributed by atoms with Gasteiger partial charge in [-0.1, -0.05) is 103 Å². The monoisotopic (exact) mass is 548 g/mol. The van der Waals surface area contributed by atoms with Crippen LogP contribution in [0.2, 0.25) is 0 Å². The molecule has 0 fully saturated rings. The highest BCUT2D eigenvalue weighted by Gasteiger charge is 2.08. The second kappa shape index (κ2) is 19.2. The summed E-state index contributed by atoms with van der Waals surface area (Å²) in [6.07, 6.45) is 19.5. The Hall–Kier alpha value is -2.95. The molecular weight excluding hydrogens is 499 g/mol. The average Bonchev–Trinajstić information content (AvgIpc) is 3.00. The van der Waals surface area contributed by atoms with Crippen LogP contribution in [0.15, 0.2) is 60.9 Å². The van der Waals surface area contributed by atoms with Gasteiger partial charge in [0.15, 0.2) is 5.82 Å². The van der Waals surface area contributed by atoms with Gasteiger partial charge >= 0.3 is 0 Å². The maximum Gasteiger partial charge on any atom is 0.159 e. The third-order valence-electron chi connectivity index (χ3n) is 7.27. The predicted molar refractivity (Wildman–Crippen MR) is 165 cm³/mol. The van der Waals surface area contributed by atoms with E-state index in [-0.39, 0.29) is 6.61 Å². The number of nitrogens with zero attached hydrogens (tertiary/aromatic N) is 2. The van der Waals surface area contributed by atoms with E-state index in [9.17, 15) is 4.39 Å². The van der Waals surface area contributed by atoms with Gasteiger partial charge in [-0.15, -0.1) is 0 Å². The van der Waals surface area contributed by atoms with Crippen molar-refractivity contribution in [3.63, 3.8) is 0 Å². The van der Waals surface area contributed by atoms with Crippen LogP contribution in [0.5, 0.6) is 11.5 Å². The number of benzene rings is 2. The lowest BCUT2D eigenvalue weighted by molar-refractivity contribution is 0.184. The van der Waals surface area contributed by atoms with Crippen molar-refractivity contribution < 1.29 is 13.9 Å². The quantitative estimate of drug-likeness (QED) is 0.124. The molecule has 1 unspecified atom stereocenters. The lowest BCUT2D eigenvalue weighted by Gasteiger charge is -2.11. The Morgan fingerprint density at radius 3 is 1.68 bits per heavy atom. The lowest BCUT2D eigenvalue weighted by Crippen LogP contribution is -2.12. The standard InChI is InChI=1S/C35H49FN2O2/c1-3-5-7-9-10-11-12-13-15-25-39-33-23-19-30(20-24-33)35-37-26-31(27-38-35)29-17-21-34(22-18-29)40-28-32(36)16-14-8-6-4-2/h17-24,26-27,32H,3-16,25,28H2,1-2H3. The first-order valence-electron chi connectivity index (χ1n) is 15.6. The van der Waals surface area contributed by atoms with E-state index in [1.807, 2.05) is 60.9 Å². The normalized spacial score (nSPS) is 11.9. The highest BCUT2D eigenvalue weighted by molar-refractivity contribution is 5.64. The summed E-state index contributed by atoms with van der Waals surface area (Å²) in [5.41, 5.74) is 2.88. The molecule has 0 amide bonds. The number of aromatic nitrogens is 2. The Kier molecular flexibility index (Phi) is 15.1. The van der Waals surface area contributed by atoms with Gasteiger partial charge in [-0.05, 0) is 54.8 Å². The van der Waals surface area contributed by atoms with Gasteiger partial charge in [-0.2, -0.15) is 0 Å². The summed E-state index contributed by atoms with van der Waals surface area (Å²) < 4.78 is 25.6. The topological polar surface area (TPSA) is 44.2 Å². The minimum absolute atomic E-state index is 0.104. The number of alkyl halides is 1. The van der Waals surface area contributed by atoms with Crippen molar-refractivity contribution in [2.45, 2.75) is 110 Å². The smallest absolute Gasteiger partial charge is 0.159 e. The van der Waals surface area contributed by atoms with Crippen molar-refractivity contribution in [2.75, 3.05) is 13.2 Å². The molecule has 0 aliphatic rings. The summed E-state index contributed by atoms with van der Waals surface area (Å²) in [6, 6.07) is 15.7. The largest absolute Gasteiger partial charge is 0.494 e. The first-order chi connectivity index (χ1) is 19.7. The second-order valence-corrected chi connectivity index (χ2v) is 10.8. The zero-order chi connectivity index (χ0) is 28.3. The molecular formula is C35H49FN2O2. The van der Waals surface area contributed by atoms with Gasteiger partial charge in [0.1, 0.15) is 24.3 Å². The highest BCUT2D eigenvalue weighted by Crippen LogP contribution is 2.24. The van der Waals surface area contributed by atoms with E-state index in [1.54, 1.807) is 0 Å². The first-order valence-corrected chi connectivity index (χ1v) is 15.6. The van der Waals surface area contributed by atoms with Gasteiger partial charge in [-0.25, -0.2) is 14.4 Å². The third-order valence-corrected chi connectivity index (χ3v) is 7.27. The van der Waals surface area contributed by atoms with Crippen molar-refractivity contribution >= 4 is 0 Å². The molecule has 0 aliphatic heterocycles. The molecule has 3 rings (SSSR count). The van der Waals surface area contributed by atoms with Gasteiger partial charge in [0.25, 0.3) is 0 Å². The summed E-state index contributed by atoms with van der Waals surface area (Å²) in [7, 11) is 0. The van der Waals surface area contributed by atoms with E-state index >= 15 is 0 Å². The molecule has 40 heavy (non-hydrogen) atoms. The van der Waals surface area contributed by atoms with Gasteiger partial charge in [0.05, 0.1) is 6.61 Å². The van der Waals surface area contributed by atoms with Crippen LogP contribution >= 0.6 is 0 Å². The van der Waals surface area contributed by atoms with E-state index in [1.165, 1.54) is 57.8 Å². The molecule has 0 radical (unpaired) electrons. The van der Waals surface area contributed by atoms with Crippen LogP contribution in [0.3, 0.4) is 0 Å². The molecule has 5 heteroatoms. The van der Waals surface area contributed by atoms with E-state index in [0.717, 1.165) is 54.7 Å². The molecule has 1 heterocycles. The molecule has 3 aromatic rings. The fraction of sp³-hybridized carbons (Fsp3) is 0.543. The average molecular weight is 549 g/mol. The fourth-order valence-corrected chi connectivity index (χ4v) is 4.74. The van der Waals surface area contributed by atoms with Gasteiger partial charge in [0.2, 0.25) is 0 Å². The Morgan fingerprint density at radius 2 is 1.07 bits per heavy atom. The molecule has 0 bridgehead atoms. The molecule has 1 atom stereocenters. The zero-order valence-corrected chi connectivity index (χ0v) is 24.8. The van der Waals surface area contributed by atoms with Gasteiger partial charge in [-0.3, -0.25) is 0 Å². The molecule has 0 saturated heterocycles. The number of unbranched alkanes of at least 4 members (excludes halogenated alkanes) is 11. The highest BCUT2D eigenvalue weighted by atomic mass is 19.1. The minimum atomic E-state index is -0.919. The second-order valence-electron chi connectivity index (χ2n) is 10.8. The summed E-state index contributed by atoms with van der Waals surface area (Å²) in [5.74, 6) is 2.25. The van der Waals surface area contributed by atoms with E-state index in [4.69, 9.17) is 9.47 Å². The summed E-state index contributed by atoms with van der Waals surface area (Å²) in [5, 5.41) is 0. The molecule has 0 aliphatic carbocycles. The van der Waals surface area contributed by atoms with Crippen LogP contribution in [0.4, 0.5) is 4.39 Å². The third kappa shape index (κ3) is 12.1. The molecule has 0 saturated carbocycles. The summed E-state index contributed by atoms with van der Waals surface area (Å²) in [4.78, 5) is 9.15. The van der Waals surface area contributed by atoms with Crippen molar-refractivity contribution in [1.82, 2.24) is 9.97 Å². The summed E-state index contributed by atoms with van der Waals surface area (Å²) in [6.45, 7) is 5.29. The van der Waals surface area contributed by atoms with Crippen molar-refractivity contribution in [3.05, 3.63) is 60.9 Å². The van der Waals surface area contributed by atoms with Gasteiger partial charge < -0.3 is 9.47 Å². The van der Waals surface area contributed by atoms with Crippen LogP contribution in [0, 0.1) is 0 Å². The molecule has 2 aromatic carbocycles. The zero-order valence-electron chi connectivity index (χ0n) is 24.8. The number of ether oxygens (including phenoxy) is 2. The predicted octanol–water partition coefficient (Wildman–Crippen LogP) is 10.4. The van der Waals surface area contributed by atoms with E-state index in [2.05, 4.69) is 23.8 Å². The Balaban J connectivity index is 1.37. The number of halogens is 1. The van der Waals surface area contributed by atoms with Crippen LogP contribution in [-0.2, 0) is 0 Å². The molecule has 0 spiro atoms. The molecule has 4 nitrogen and oxygen atoms in total. The number of hydrogen-bond acceptors (Lipinski definition) is 4. The number of hydrogen-bond donors (Lipinski definition) is 0. The number of rotatable bonds is 21. The van der Waals surface area contributed by atoms with Crippen LogP contribution in [-0.4, -0.2) is 29.4 Å². The van der Waals surface area contributed by atoms with Crippen molar-refractivity contribution in [1.29, 1.82) is 0 Å².